The Kier molecular flexibility index (Phi) is 4.34. The summed E-state index contributed by atoms with van der Waals surface area (Å²) in [7, 11) is 0. The van der Waals surface area contributed by atoms with Crippen LogP contribution in [0, 0.1) is 11.3 Å². The lowest BCUT2D eigenvalue weighted by Crippen LogP contribution is -2.30. The summed E-state index contributed by atoms with van der Waals surface area (Å²) in [5.41, 5.74) is 2.64. The number of amides is 1. The first-order valence-electron chi connectivity index (χ1n) is 9.24. The van der Waals surface area contributed by atoms with Crippen LogP contribution in [0.1, 0.15) is 36.3 Å². The molecule has 2 aliphatic rings. The third-order valence-corrected chi connectivity index (χ3v) is 5.66. The molecule has 3 nitrogen and oxygen atoms in total. The van der Waals surface area contributed by atoms with E-state index in [2.05, 4.69) is 30.3 Å². The molecule has 2 aromatic carbocycles. The molecular formula is C23H22N2O. The Morgan fingerprint density at radius 3 is 2.35 bits per heavy atom. The molecule has 0 N–H and O–H groups in total. The van der Waals surface area contributed by atoms with Crippen molar-refractivity contribution >= 4 is 5.91 Å². The average Bonchev–Trinajstić information content (AvgIpc) is 3.33. The highest BCUT2D eigenvalue weighted by Crippen LogP contribution is 2.50. The number of carbonyl (C=O) groups is 1. The minimum absolute atomic E-state index is 0.117. The number of benzene rings is 2. The van der Waals surface area contributed by atoms with Gasteiger partial charge in [-0.1, -0.05) is 66.7 Å². The molecule has 1 saturated heterocycles. The molecule has 2 aromatic rings. The Hall–Kier alpha value is -2.86. The van der Waals surface area contributed by atoms with Crippen molar-refractivity contribution in [2.75, 3.05) is 13.1 Å². The van der Waals surface area contributed by atoms with Gasteiger partial charge in [-0.05, 0) is 30.4 Å². The fraction of sp³-hybridized carbons (Fsp3) is 0.304. The van der Waals surface area contributed by atoms with Crippen LogP contribution in [-0.4, -0.2) is 23.9 Å². The van der Waals surface area contributed by atoms with Crippen LogP contribution < -0.4 is 0 Å². The summed E-state index contributed by atoms with van der Waals surface area (Å²) >= 11 is 0. The lowest BCUT2D eigenvalue weighted by Gasteiger charge is -2.18. The predicted octanol–water partition coefficient (Wildman–Crippen LogP) is 4.18. The van der Waals surface area contributed by atoms with Gasteiger partial charge >= 0.3 is 0 Å². The van der Waals surface area contributed by atoms with Gasteiger partial charge in [-0.25, -0.2) is 0 Å². The molecule has 1 aliphatic carbocycles. The van der Waals surface area contributed by atoms with Crippen molar-refractivity contribution < 1.29 is 4.79 Å². The number of hydrogen-bond donors (Lipinski definition) is 0. The van der Waals surface area contributed by atoms with E-state index in [-0.39, 0.29) is 11.3 Å². The van der Waals surface area contributed by atoms with E-state index in [9.17, 15) is 10.1 Å². The van der Waals surface area contributed by atoms with Gasteiger partial charge in [-0.2, -0.15) is 5.26 Å². The zero-order valence-electron chi connectivity index (χ0n) is 14.8. The van der Waals surface area contributed by atoms with Crippen molar-refractivity contribution in [1.82, 2.24) is 4.90 Å². The summed E-state index contributed by atoms with van der Waals surface area (Å²) < 4.78 is 0. The third-order valence-electron chi connectivity index (χ3n) is 5.66. The van der Waals surface area contributed by atoms with Crippen LogP contribution >= 0.6 is 0 Å². The topological polar surface area (TPSA) is 44.1 Å². The molecule has 1 amide bonds. The summed E-state index contributed by atoms with van der Waals surface area (Å²) in [5, 5.41) is 9.61. The second-order valence-corrected chi connectivity index (χ2v) is 7.34. The summed E-state index contributed by atoms with van der Waals surface area (Å²) in [6, 6.07) is 22.7. The number of nitrogens with zero attached hydrogens (tertiary/aromatic N) is 2. The molecule has 0 aromatic heterocycles. The number of rotatable bonds is 4. The lowest BCUT2D eigenvalue weighted by molar-refractivity contribution is -0.125. The molecule has 1 aliphatic heterocycles. The van der Waals surface area contributed by atoms with E-state index in [1.54, 1.807) is 0 Å². The summed E-state index contributed by atoms with van der Waals surface area (Å²) in [5.74, 6) is 0.247. The van der Waals surface area contributed by atoms with Crippen molar-refractivity contribution in [3.63, 3.8) is 0 Å². The van der Waals surface area contributed by atoms with Crippen molar-refractivity contribution in [3.05, 3.63) is 83.4 Å². The van der Waals surface area contributed by atoms with Gasteiger partial charge in [0.15, 0.2) is 0 Å². The molecule has 26 heavy (non-hydrogen) atoms. The second kappa shape index (κ2) is 6.80. The maximum Gasteiger partial charge on any atom is 0.264 e. The zero-order valence-corrected chi connectivity index (χ0v) is 14.8. The lowest BCUT2D eigenvalue weighted by atomic mass is 9.93. The maximum atomic E-state index is 12.9. The third kappa shape index (κ3) is 3.15. The number of nitriles is 1. The standard InChI is InChI=1S/C23H22N2O/c24-16-20(15-23(12-13-23)21-9-5-2-6-10-21)22(26)25-14-11-19(17-25)18-7-3-1-4-8-18/h1-10,15,19H,11-14,17H2/b20-15+. The fourth-order valence-electron chi connectivity index (χ4n) is 3.95. The van der Waals surface area contributed by atoms with Gasteiger partial charge in [-0.3, -0.25) is 4.79 Å². The van der Waals surface area contributed by atoms with Crippen LogP contribution in [0.2, 0.25) is 0 Å². The van der Waals surface area contributed by atoms with Gasteiger partial charge < -0.3 is 4.90 Å². The molecule has 4 rings (SSSR count). The minimum atomic E-state index is -0.124. The van der Waals surface area contributed by atoms with Gasteiger partial charge in [0.1, 0.15) is 11.6 Å². The van der Waals surface area contributed by atoms with Crippen molar-refractivity contribution in [2.45, 2.75) is 30.6 Å². The second-order valence-electron chi connectivity index (χ2n) is 7.34. The Labute approximate surface area is 154 Å². The number of hydrogen-bond acceptors (Lipinski definition) is 2. The smallest absolute Gasteiger partial charge is 0.264 e. The van der Waals surface area contributed by atoms with Gasteiger partial charge in [0.05, 0.1) is 0 Å². The van der Waals surface area contributed by atoms with E-state index >= 15 is 0 Å². The van der Waals surface area contributed by atoms with E-state index in [1.165, 1.54) is 11.1 Å². The Morgan fingerprint density at radius 2 is 1.73 bits per heavy atom. The highest BCUT2D eigenvalue weighted by atomic mass is 16.2. The molecule has 1 atom stereocenters. The highest BCUT2D eigenvalue weighted by Gasteiger charge is 2.43. The fourth-order valence-corrected chi connectivity index (χ4v) is 3.95. The molecular weight excluding hydrogens is 320 g/mol. The van der Waals surface area contributed by atoms with Crippen LogP contribution in [0.4, 0.5) is 0 Å². The van der Waals surface area contributed by atoms with Gasteiger partial charge in [-0.15, -0.1) is 0 Å². The number of carbonyl (C=O) groups excluding carboxylic acids is 1. The van der Waals surface area contributed by atoms with E-state index < -0.39 is 0 Å². The van der Waals surface area contributed by atoms with Gasteiger partial charge in [0.2, 0.25) is 0 Å². The van der Waals surface area contributed by atoms with Crippen LogP contribution in [0.15, 0.2) is 72.3 Å². The molecule has 0 radical (unpaired) electrons. The van der Waals surface area contributed by atoms with Crippen LogP contribution in [0.3, 0.4) is 0 Å². The van der Waals surface area contributed by atoms with Gasteiger partial charge in [0.25, 0.3) is 5.91 Å². The predicted molar refractivity (Wildman–Crippen MR) is 101 cm³/mol. The Morgan fingerprint density at radius 1 is 1.08 bits per heavy atom. The van der Waals surface area contributed by atoms with E-state index in [1.807, 2.05) is 47.4 Å². The molecule has 0 spiro atoms. The molecule has 130 valence electrons. The van der Waals surface area contributed by atoms with E-state index in [0.29, 0.717) is 18.0 Å². The average molecular weight is 342 g/mol. The largest absolute Gasteiger partial charge is 0.337 e. The van der Waals surface area contributed by atoms with Crippen LogP contribution in [-0.2, 0) is 10.2 Å². The highest BCUT2D eigenvalue weighted by molar-refractivity contribution is 5.97. The number of allylic oxidation sites excluding steroid dienone is 1. The van der Waals surface area contributed by atoms with Crippen LogP contribution in [0.25, 0.3) is 0 Å². The molecule has 2 fully saturated rings. The number of likely N-dealkylation sites (tertiary alicyclic amines) is 1. The summed E-state index contributed by atoms with van der Waals surface area (Å²) in [6.07, 6.45) is 4.88. The molecule has 1 heterocycles. The summed E-state index contributed by atoms with van der Waals surface area (Å²) in [6.45, 7) is 1.41. The first kappa shape index (κ1) is 16.6. The molecule has 0 bridgehead atoms. The van der Waals surface area contributed by atoms with Crippen LogP contribution in [0.5, 0.6) is 0 Å². The Balaban J connectivity index is 1.51. The van der Waals surface area contributed by atoms with Crippen molar-refractivity contribution in [1.29, 1.82) is 5.26 Å². The van der Waals surface area contributed by atoms with Gasteiger partial charge in [0, 0.05) is 24.4 Å². The SMILES string of the molecule is N#C/C(=C\C1(c2ccccc2)CC1)C(=O)N1CCC(c2ccccc2)C1. The van der Waals surface area contributed by atoms with E-state index in [4.69, 9.17) is 0 Å². The molecule has 1 saturated carbocycles. The minimum Gasteiger partial charge on any atom is -0.337 e. The van der Waals surface area contributed by atoms with Crippen molar-refractivity contribution in [3.8, 4) is 6.07 Å². The zero-order chi connectivity index (χ0) is 18.0. The molecule has 1 unspecified atom stereocenters. The first-order chi connectivity index (χ1) is 12.7. The maximum absolute atomic E-state index is 12.9. The van der Waals surface area contributed by atoms with E-state index in [0.717, 1.165) is 25.8 Å². The monoisotopic (exact) mass is 342 g/mol. The summed E-state index contributed by atoms with van der Waals surface area (Å²) in [4.78, 5) is 14.8. The molecule has 3 heteroatoms. The normalized spacial score (nSPS) is 21.3. The Bertz CT molecular complexity index is 860. The quantitative estimate of drug-likeness (QED) is 0.618. The first-order valence-corrected chi connectivity index (χ1v) is 9.24. The van der Waals surface area contributed by atoms with Crippen molar-refractivity contribution in [2.24, 2.45) is 0 Å².